The van der Waals surface area contributed by atoms with Gasteiger partial charge >= 0.3 is 5.97 Å². The third-order valence-corrected chi connectivity index (χ3v) is 3.28. The van der Waals surface area contributed by atoms with E-state index in [0.29, 0.717) is 18.7 Å². The summed E-state index contributed by atoms with van der Waals surface area (Å²) in [6.45, 7) is 7.61. The topological polar surface area (TPSA) is 29.5 Å². The van der Waals surface area contributed by atoms with E-state index < -0.39 is 0 Å². The van der Waals surface area contributed by atoms with Crippen molar-refractivity contribution in [1.29, 1.82) is 0 Å². The maximum absolute atomic E-state index is 11.1. The first-order valence-corrected chi connectivity index (χ1v) is 6.28. The van der Waals surface area contributed by atoms with E-state index in [9.17, 15) is 4.79 Å². The molecule has 16 heavy (non-hydrogen) atoms. The van der Waals surface area contributed by atoms with Gasteiger partial charge in [-0.15, -0.1) is 0 Å². The summed E-state index contributed by atoms with van der Waals surface area (Å²) in [5.41, 5.74) is 0. The zero-order valence-corrected chi connectivity index (χ0v) is 10.6. The monoisotopic (exact) mass is 225 g/mol. The number of likely N-dealkylation sites (tertiary alicyclic amines) is 1. The molecule has 3 heteroatoms. The quantitative estimate of drug-likeness (QED) is 0.531. The molecular weight excluding hydrogens is 202 g/mol. The highest BCUT2D eigenvalue weighted by molar-refractivity contribution is 5.81. The van der Waals surface area contributed by atoms with E-state index in [2.05, 4.69) is 18.7 Å². The summed E-state index contributed by atoms with van der Waals surface area (Å²) in [6.07, 6.45) is 7.21. The Balaban J connectivity index is 2.38. The van der Waals surface area contributed by atoms with Crippen molar-refractivity contribution in [1.82, 2.24) is 4.90 Å². The molecule has 2 atom stereocenters. The summed E-state index contributed by atoms with van der Waals surface area (Å²) in [7, 11) is 0. The Bertz CT molecular complexity index is 250. The van der Waals surface area contributed by atoms with Crippen LogP contribution in [0, 0.1) is 0 Å². The lowest BCUT2D eigenvalue weighted by Crippen LogP contribution is -2.34. The molecule has 0 aliphatic carbocycles. The van der Waals surface area contributed by atoms with Crippen LogP contribution < -0.4 is 0 Å². The first-order valence-electron chi connectivity index (χ1n) is 6.28. The summed E-state index contributed by atoms with van der Waals surface area (Å²) >= 11 is 0. The second-order valence-corrected chi connectivity index (χ2v) is 4.34. The van der Waals surface area contributed by atoms with Crippen LogP contribution in [0.3, 0.4) is 0 Å². The van der Waals surface area contributed by atoms with Crippen LogP contribution in [0.25, 0.3) is 0 Å². The molecule has 1 aliphatic heterocycles. The van der Waals surface area contributed by atoms with Crippen molar-refractivity contribution < 1.29 is 9.53 Å². The first-order chi connectivity index (χ1) is 7.69. The second kappa shape index (κ2) is 6.69. The molecule has 0 spiro atoms. The molecule has 1 saturated heterocycles. The number of nitrogens with zero attached hydrogens (tertiary/aromatic N) is 1. The molecule has 0 N–H and O–H groups in total. The lowest BCUT2D eigenvalue weighted by molar-refractivity contribution is -0.137. The van der Waals surface area contributed by atoms with Crippen molar-refractivity contribution in [3.05, 3.63) is 12.2 Å². The maximum atomic E-state index is 11.1. The van der Waals surface area contributed by atoms with Crippen LogP contribution in [-0.4, -0.2) is 36.1 Å². The third-order valence-electron chi connectivity index (χ3n) is 3.28. The van der Waals surface area contributed by atoms with Gasteiger partial charge in [-0.25, -0.2) is 4.79 Å². The van der Waals surface area contributed by atoms with Crippen molar-refractivity contribution in [3.63, 3.8) is 0 Å². The van der Waals surface area contributed by atoms with Gasteiger partial charge < -0.3 is 4.74 Å². The number of hydrogen-bond donors (Lipinski definition) is 0. The molecule has 1 heterocycles. The van der Waals surface area contributed by atoms with Gasteiger partial charge in [-0.05, 0) is 33.1 Å². The summed E-state index contributed by atoms with van der Waals surface area (Å²) in [4.78, 5) is 13.6. The molecule has 3 nitrogen and oxygen atoms in total. The average Bonchev–Trinajstić information content (AvgIpc) is 2.60. The SMILES string of the molecule is CCOC(=O)/C=C/CN1C(C)CCC1CC. The standard InChI is InChI=1S/C13H23NO2/c1-4-12-9-8-11(3)14(12)10-6-7-13(15)16-5-2/h6-7,11-12H,4-5,8-10H2,1-3H3/b7-6+. The lowest BCUT2D eigenvalue weighted by atomic mass is 10.1. The fourth-order valence-corrected chi connectivity index (χ4v) is 2.35. The molecule has 0 aromatic heterocycles. The Morgan fingerprint density at radius 1 is 1.44 bits per heavy atom. The number of ether oxygens (including phenoxy) is 1. The molecule has 0 radical (unpaired) electrons. The molecular formula is C13H23NO2. The molecule has 1 fully saturated rings. The minimum atomic E-state index is -0.234. The predicted molar refractivity (Wildman–Crippen MR) is 65.3 cm³/mol. The van der Waals surface area contributed by atoms with E-state index in [1.165, 1.54) is 19.3 Å². The Labute approximate surface area is 98.5 Å². The zero-order valence-electron chi connectivity index (χ0n) is 10.6. The smallest absolute Gasteiger partial charge is 0.330 e. The minimum Gasteiger partial charge on any atom is -0.463 e. The van der Waals surface area contributed by atoms with Gasteiger partial charge in [0.15, 0.2) is 0 Å². The maximum Gasteiger partial charge on any atom is 0.330 e. The van der Waals surface area contributed by atoms with E-state index in [1.54, 1.807) is 6.08 Å². The van der Waals surface area contributed by atoms with E-state index in [0.717, 1.165) is 6.54 Å². The van der Waals surface area contributed by atoms with Crippen LogP contribution in [0.15, 0.2) is 12.2 Å². The van der Waals surface area contributed by atoms with Crippen molar-refractivity contribution in [2.45, 2.75) is 52.1 Å². The van der Waals surface area contributed by atoms with Gasteiger partial charge in [0, 0.05) is 24.7 Å². The third kappa shape index (κ3) is 3.63. The zero-order chi connectivity index (χ0) is 12.0. The fourth-order valence-electron chi connectivity index (χ4n) is 2.35. The average molecular weight is 225 g/mol. The minimum absolute atomic E-state index is 0.234. The number of hydrogen-bond acceptors (Lipinski definition) is 3. The van der Waals surface area contributed by atoms with Gasteiger partial charge in [-0.3, -0.25) is 4.90 Å². The van der Waals surface area contributed by atoms with Gasteiger partial charge in [-0.2, -0.15) is 0 Å². The van der Waals surface area contributed by atoms with Gasteiger partial charge in [0.25, 0.3) is 0 Å². The van der Waals surface area contributed by atoms with E-state index in [1.807, 2.05) is 13.0 Å². The summed E-state index contributed by atoms with van der Waals surface area (Å²) < 4.78 is 4.84. The Kier molecular flexibility index (Phi) is 5.53. The Morgan fingerprint density at radius 2 is 2.19 bits per heavy atom. The molecule has 92 valence electrons. The van der Waals surface area contributed by atoms with Crippen LogP contribution in [0.1, 0.15) is 40.0 Å². The van der Waals surface area contributed by atoms with Crippen molar-refractivity contribution in [2.75, 3.05) is 13.2 Å². The largest absolute Gasteiger partial charge is 0.463 e. The van der Waals surface area contributed by atoms with Gasteiger partial charge in [-0.1, -0.05) is 13.0 Å². The van der Waals surface area contributed by atoms with Crippen molar-refractivity contribution >= 4 is 5.97 Å². The highest BCUT2D eigenvalue weighted by Crippen LogP contribution is 2.25. The number of esters is 1. The number of rotatable bonds is 5. The summed E-state index contributed by atoms with van der Waals surface area (Å²) in [6, 6.07) is 1.32. The normalized spacial score (nSPS) is 26.4. The van der Waals surface area contributed by atoms with Gasteiger partial charge in [0.05, 0.1) is 6.61 Å². The van der Waals surface area contributed by atoms with Crippen molar-refractivity contribution in [3.8, 4) is 0 Å². The molecule has 0 bridgehead atoms. The second-order valence-electron chi connectivity index (χ2n) is 4.34. The number of carbonyl (C=O) groups is 1. The predicted octanol–water partition coefficient (Wildman–Crippen LogP) is 2.37. The molecule has 2 unspecified atom stereocenters. The summed E-state index contributed by atoms with van der Waals surface area (Å²) in [5, 5.41) is 0. The Morgan fingerprint density at radius 3 is 2.81 bits per heavy atom. The van der Waals surface area contributed by atoms with Gasteiger partial charge in [0.2, 0.25) is 0 Å². The molecule has 1 aliphatic rings. The first kappa shape index (κ1) is 13.2. The molecule has 0 amide bonds. The molecule has 0 aromatic carbocycles. The lowest BCUT2D eigenvalue weighted by Gasteiger charge is -2.26. The van der Waals surface area contributed by atoms with E-state index in [4.69, 9.17) is 4.74 Å². The Hall–Kier alpha value is -0.830. The highest BCUT2D eigenvalue weighted by Gasteiger charge is 2.27. The fraction of sp³-hybridized carbons (Fsp3) is 0.769. The van der Waals surface area contributed by atoms with Crippen molar-refractivity contribution in [2.24, 2.45) is 0 Å². The molecule has 1 rings (SSSR count). The van der Waals surface area contributed by atoms with E-state index in [-0.39, 0.29) is 5.97 Å². The summed E-state index contributed by atoms with van der Waals surface area (Å²) in [5.74, 6) is -0.234. The molecule has 0 aromatic rings. The molecule has 0 saturated carbocycles. The van der Waals surface area contributed by atoms with Crippen LogP contribution >= 0.6 is 0 Å². The van der Waals surface area contributed by atoms with Crippen LogP contribution in [0.5, 0.6) is 0 Å². The van der Waals surface area contributed by atoms with Gasteiger partial charge in [0.1, 0.15) is 0 Å². The van der Waals surface area contributed by atoms with Crippen LogP contribution in [0.2, 0.25) is 0 Å². The van der Waals surface area contributed by atoms with Crippen LogP contribution in [0.4, 0.5) is 0 Å². The van der Waals surface area contributed by atoms with Crippen LogP contribution in [-0.2, 0) is 9.53 Å². The highest BCUT2D eigenvalue weighted by atomic mass is 16.5. The number of carbonyl (C=O) groups excluding carboxylic acids is 1. The van der Waals surface area contributed by atoms with E-state index >= 15 is 0 Å².